The third kappa shape index (κ3) is 6.29. The van der Waals surface area contributed by atoms with Crippen molar-refractivity contribution in [3.8, 4) is 0 Å². The summed E-state index contributed by atoms with van der Waals surface area (Å²) in [6.45, 7) is 4.19. The van der Waals surface area contributed by atoms with E-state index in [0.717, 1.165) is 14.9 Å². The van der Waals surface area contributed by atoms with E-state index in [9.17, 15) is 9.59 Å². The molecule has 0 saturated carbocycles. The zero-order chi connectivity index (χ0) is 16.7. The van der Waals surface area contributed by atoms with E-state index < -0.39 is 0 Å². The van der Waals surface area contributed by atoms with Crippen LogP contribution in [0.4, 0.5) is 10.5 Å². The van der Waals surface area contributed by atoms with Gasteiger partial charge in [0.1, 0.15) is 0 Å². The predicted molar refractivity (Wildman–Crippen MR) is 93.1 cm³/mol. The number of urea groups is 1. The van der Waals surface area contributed by atoms with Crippen molar-refractivity contribution in [2.75, 3.05) is 18.4 Å². The van der Waals surface area contributed by atoms with E-state index in [1.54, 1.807) is 23.1 Å². The highest BCUT2D eigenvalue weighted by atomic mass is 32.2. The summed E-state index contributed by atoms with van der Waals surface area (Å²) in [4.78, 5) is 27.9. The Labute approximate surface area is 143 Å². The fourth-order valence-corrected chi connectivity index (χ4v) is 3.49. The van der Waals surface area contributed by atoms with Gasteiger partial charge >= 0.3 is 6.03 Å². The van der Waals surface area contributed by atoms with Crippen molar-refractivity contribution < 1.29 is 9.59 Å². The molecule has 2 aromatic rings. The van der Waals surface area contributed by atoms with Gasteiger partial charge in [-0.2, -0.15) is 0 Å². The van der Waals surface area contributed by atoms with Gasteiger partial charge in [-0.3, -0.25) is 4.79 Å². The van der Waals surface area contributed by atoms with E-state index in [4.69, 9.17) is 0 Å². The number of nitrogens with one attached hydrogen (secondary N) is 3. The molecule has 0 aliphatic heterocycles. The summed E-state index contributed by atoms with van der Waals surface area (Å²) >= 11 is 3.21. The molecule has 0 bridgehead atoms. The van der Waals surface area contributed by atoms with Crippen molar-refractivity contribution >= 4 is 40.7 Å². The third-order valence-corrected chi connectivity index (χ3v) is 4.76. The number of nitrogens with zero attached hydrogens (tertiary/aromatic N) is 1. The largest absolute Gasteiger partial charge is 0.355 e. The van der Waals surface area contributed by atoms with Crippen molar-refractivity contribution in [1.29, 1.82) is 0 Å². The fourth-order valence-electron chi connectivity index (χ4n) is 1.68. The molecule has 0 spiro atoms. The molecule has 1 aromatic carbocycles. The lowest BCUT2D eigenvalue weighted by atomic mass is 10.3. The van der Waals surface area contributed by atoms with Crippen molar-refractivity contribution in [2.24, 2.45) is 0 Å². The van der Waals surface area contributed by atoms with Gasteiger partial charge in [-0.05, 0) is 31.2 Å². The first-order valence-corrected chi connectivity index (χ1v) is 8.72. The molecule has 0 unspecified atom stereocenters. The maximum absolute atomic E-state index is 11.7. The van der Waals surface area contributed by atoms with E-state index >= 15 is 0 Å². The quantitative estimate of drug-likeness (QED) is 0.700. The van der Waals surface area contributed by atoms with E-state index in [0.29, 0.717) is 18.8 Å². The Balaban J connectivity index is 1.78. The van der Waals surface area contributed by atoms with Crippen LogP contribution in [-0.4, -0.2) is 30.0 Å². The summed E-state index contributed by atoms with van der Waals surface area (Å²) < 4.78 is 0.999. The van der Waals surface area contributed by atoms with Crippen molar-refractivity contribution in [3.05, 3.63) is 35.3 Å². The average molecular weight is 350 g/mol. The second-order valence-corrected chi connectivity index (χ2v) is 6.92. The molecule has 1 aromatic heterocycles. The number of rotatable bonds is 6. The number of carbonyl (C=O) groups is 2. The molecule has 0 fully saturated rings. The lowest BCUT2D eigenvalue weighted by Gasteiger charge is -2.08. The number of aromatic nitrogens is 1. The first-order chi connectivity index (χ1) is 11.0. The number of carbonyl (C=O) groups excluding carboxylic acids is 2. The minimum atomic E-state index is -0.300. The summed E-state index contributed by atoms with van der Waals surface area (Å²) in [5, 5.41) is 10.0. The molecule has 122 valence electrons. The zero-order valence-corrected chi connectivity index (χ0v) is 14.5. The van der Waals surface area contributed by atoms with E-state index in [-0.39, 0.29) is 11.9 Å². The van der Waals surface area contributed by atoms with Crippen LogP contribution in [0.1, 0.15) is 12.6 Å². The predicted octanol–water partition coefficient (Wildman–Crippen LogP) is 2.86. The Hall–Kier alpha value is -2.06. The summed E-state index contributed by atoms with van der Waals surface area (Å²) in [6, 6.07) is 7.26. The molecule has 23 heavy (non-hydrogen) atoms. The highest BCUT2D eigenvalue weighted by molar-refractivity contribution is 8.01. The molecule has 0 aliphatic carbocycles. The summed E-state index contributed by atoms with van der Waals surface area (Å²) in [7, 11) is 0. The number of thiazole rings is 1. The summed E-state index contributed by atoms with van der Waals surface area (Å²) in [5.74, 6) is -0.115. The van der Waals surface area contributed by atoms with E-state index in [2.05, 4.69) is 20.9 Å². The molecule has 3 amide bonds. The molecule has 1 heterocycles. The molecular formula is C15H18N4O2S2. The topological polar surface area (TPSA) is 83.1 Å². The van der Waals surface area contributed by atoms with Gasteiger partial charge in [0.05, 0.1) is 0 Å². The number of hydrogen-bond acceptors (Lipinski definition) is 5. The Morgan fingerprint density at radius 3 is 2.48 bits per heavy atom. The molecular weight excluding hydrogens is 332 g/mol. The first kappa shape index (κ1) is 17.3. The molecule has 0 radical (unpaired) electrons. The second-order valence-electron chi connectivity index (χ2n) is 4.75. The van der Waals surface area contributed by atoms with Crippen LogP contribution in [0.15, 0.2) is 38.9 Å². The third-order valence-electron chi connectivity index (χ3n) is 2.70. The average Bonchev–Trinajstić information content (AvgIpc) is 2.91. The van der Waals surface area contributed by atoms with Gasteiger partial charge in [0.2, 0.25) is 5.91 Å². The number of hydrogen-bond donors (Lipinski definition) is 3. The number of benzene rings is 1. The molecule has 8 heteroatoms. The van der Waals surface area contributed by atoms with Crippen molar-refractivity contribution in [3.63, 3.8) is 0 Å². The van der Waals surface area contributed by atoms with Gasteiger partial charge in [0.25, 0.3) is 0 Å². The molecule has 0 saturated heterocycles. The van der Waals surface area contributed by atoms with Gasteiger partial charge < -0.3 is 16.0 Å². The number of amides is 3. The number of aryl methyl sites for hydroxylation is 1. The van der Waals surface area contributed by atoms with Gasteiger partial charge in [0, 0.05) is 41.7 Å². The molecule has 0 aliphatic rings. The minimum Gasteiger partial charge on any atom is -0.355 e. The van der Waals surface area contributed by atoms with Crippen LogP contribution in [0, 0.1) is 6.92 Å². The smallest absolute Gasteiger partial charge is 0.319 e. The Morgan fingerprint density at radius 1 is 1.17 bits per heavy atom. The van der Waals surface area contributed by atoms with Gasteiger partial charge in [-0.15, -0.1) is 11.3 Å². The molecule has 2 rings (SSSR count). The molecule has 6 nitrogen and oxygen atoms in total. The fraction of sp³-hybridized carbons (Fsp3) is 0.267. The highest BCUT2D eigenvalue weighted by Crippen LogP contribution is 2.30. The van der Waals surface area contributed by atoms with Gasteiger partial charge in [-0.1, -0.05) is 11.8 Å². The standard InChI is InChI=1S/C15H18N4O2S2/c1-10-9-22-15(18-10)23-13-5-3-12(4-6-13)19-14(21)17-8-7-16-11(2)20/h3-6,9H,7-8H2,1-2H3,(H,16,20)(H2,17,19,21). The van der Waals surface area contributed by atoms with Crippen LogP contribution in [0.5, 0.6) is 0 Å². The summed E-state index contributed by atoms with van der Waals surface area (Å²) in [6.07, 6.45) is 0. The van der Waals surface area contributed by atoms with E-state index in [1.165, 1.54) is 6.92 Å². The summed E-state index contributed by atoms with van der Waals surface area (Å²) in [5.41, 5.74) is 1.73. The maximum atomic E-state index is 11.7. The maximum Gasteiger partial charge on any atom is 0.319 e. The highest BCUT2D eigenvalue weighted by Gasteiger charge is 2.04. The van der Waals surface area contributed by atoms with Crippen LogP contribution in [0.25, 0.3) is 0 Å². The van der Waals surface area contributed by atoms with E-state index in [1.807, 2.05) is 36.6 Å². The van der Waals surface area contributed by atoms with Crippen LogP contribution in [0.3, 0.4) is 0 Å². The van der Waals surface area contributed by atoms with Crippen molar-refractivity contribution in [2.45, 2.75) is 23.1 Å². The minimum absolute atomic E-state index is 0.115. The van der Waals surface area contributed by atoms with Crippen LogP contribution < -0.4 is 16.0 Å². The van der Waals surface area contributed by atoms with Crippen LogP contribution in [-0.2, 0) is 4.79 Å². The van der Waals surface area contributed by atoms with Gasteiger partial charge in [0.15, 0.2) is 4.34 Å². The lowest BCUT2D eigenvalue weighted by molar-refractivity contribution is -0.118. The zero-order valence-electron chi connectivity index (χ0n) is 12.9. The Morgan fingerprint density at radius 2 is 1.87 bits per heavy atom. The lowest BCUT2D eigenvalue weighted by Crippen LogP contribution is -2.36. The Kier molecular flexibility index (Phi) is 6.42. The second kappa shape index (κ2) is 8.54. The van der Waals surface area contributed by atoms with Gasteiger partial charge in [-0.25, -0.2) is 9.78 Å². The van der Waals surface area contributed by atoms with Crippen LogP contribution >= 0.6 is 23.1 Å². The van der Waals surface area contributed by atoms with Crippen molar-refractivity contribution in [1.82, 2.24) is 15.6 Å². The molecule has 3 N–H and O–H groups in total. The SMILES string of the molecule is CC(=O)NCCNC(=O)Nc1ccc(Sc2nc(C)cs2)cc1. The monoisotopic (exact) mass is 350 g/mol. The first-order valence-electron chi connectivity index (χ1n) is 7.02. The normalized spacial score (nSPS) is 10.2. The van der Waals surface area contributed by atoms with Crippen LogP contribution in [0.2, 0.25) is 0 Å². The Bertz CT molecular complexity index is 670. The molecule has 0 atom stereocenters. The number of anilines is 1.